The predicted molar refractivity (Wildman–Crippen MR) is 81.2 cm³/mol. The molecule has 1 aromatic carbocycles. The Kier molecular flexibility index (Phi) is 4.07. The first-order valence-electron chi connectivity index (χ1n) is 6.99. The minimum absolute atomic E-state index is 0.204. The molecule has 20 heavy (non-hydrogen) atoms. The molecular formula is C17H22N2O. The summed E-state index contributed by atoms with van der Waals surface area (Å²) in [5.41, 5.74) is 6.58. The third-order valence-electron chi connectivity index (χ3n) is 4.09. The third kappa shape index (κ3) is 2.82. The van der Waals surface area contributed by atoms with E-state index in [1.807, 2.05) is 43.8 Å². The molecule has 0 aliphatic heterocycles. The van der Waals surface area contributed by atoms with Crippen molar-refractivity contribution in [3.8, 4) is 0 Å². The fourth-order valence-corrected chi connectivity index (χ4v) is 2.48. The molecule has 0 N–H and O–H groups in total. The first-order chi connectivity index (χ1) is 9.40. The second-order valence-corrected chi connectivity index (χ2v) is 5.50. The first kappa shape index (κ1) is 14.5. The van der Waals surface area contributed by atoms with E-state index in [0.717, 1.165) is 23.4 Å². The monoisotopic (exact) mass is 270 g/mol. The van der Waals surface area contributed by atoms with E-state index in [-0.39, 0.29) is 5.78 Å². The van der Waals surface area contributed by atoms with Gasteiger partial charge in [-0.2, -0.15) is 5.10 Å². The Hall–Kier alpha value is -1.90. The summed E-state index contributed by atoms with van der Waals surface area (Å²) in [6.45, 7) is 8.16. The molecule has 0 fully saturated rings. The molecular weight excluding hydrogens is 248 g/mol. The third-order valence-corrected chi connectivity index (χ3v) is 4.09. The number of nitrogens with zero attached hydrogens (tertiary/aromatic N) is 2. The molecule has 2 aromatic rings. The van der Waals surface area contributed by atoms with Crippen LogP contribution in [0.3, 0.4) is 0 Å². The number of ketones is 1. The van der Waals surface area contributed by atoms with Gasteiger partial charge in [-0.1, -0.05) is 12.1 Å². The number of carbonyl (C=O) groups is 1. The van der Waals surface area contributed by atoms with E-state index in [0.29, 0.717) is 6.42 Å². The molecule has 0 radical (unpaired) electrons. The van der Waals surface area contributed by atoms with Gasteiger partial charge in [0.2, 0.25) is 0 Å². The van der Waals surface area contributed by atoms with Gasteiger partial charge in [0, 0.05) is 24.7 Å². The van der Waals surface area contributed by atoms with Crippen molar-refractivity contribution < 1.29 is 4.79 Å². The van der Waals surface area contributed by atoms with Crippen LogP contribution in [0.1, 0.15) is 44.9 Å². The number of hydrogen-bond donors (Lipinski definition) is 0. The van der Waals surface area contributed by atoms with Gasteiger partial charge in [-0.15, -0.1) is 0 Å². The summed E-state index contributed by atoms with van der Waals surface area (Å²) in [6, 6.07) is 5.93. The number of aromatic nitrogens is 2. The zero-order valence-corrected chi connectivity index (χ0v) is 12.9. The van der Waals surface area contributed by atoms with Crippen molar-refractivity contribution >= 4 is 5.78 Å². The molecule has 2 rings (SSSR count). The predicted octanol–water partition coefficient (Wildman–Crippen LogP) is 3.47. The Morgan fingerprint density at radius 2 is 1.85 bits per heavy atom. The maximum Gasteiger partial charge on any atom is 0.163 e. The molecule has 0 saturated carbocycles. The van der Waals surface area contributed by atoms with Crippen LogP contribution in [-0.4, -0.2) is 15.6 Å². The molecule has 0 saturated heterocycles. The number of hydrogen-bond acceptors (Lipinski definition) is 2. The molecule has 106 valence electrons. The van der Waals surface area contributed by atoms with E-state index in [1.54, 1.807) is 0 Å². The lowest BCUT2D eigenvalue weighted by Gasteiger charge is -2.05. The molecule has 3 nitrogen and oxygen atoms in total. The molecule has 1 heterocycles. The highest BCUT2D eigenvalue weighted by molar-refractivity contribution is 5.96. The van der Waals surface area contributed by atoms with Crippen LogP contribution in [0.25, 0.3) is 0 Å². The summed E-state index contributed by atoms with van der Waals surface area (Å²) in [6.07, 6.45) is 1.30. The zero-order valence-electron chi connectivity index (χ0n) is 12.9. The molecule has 0 amide bonds. The number of benzene rings is 1. The second-order valence-electron chi connectivity index (χ2n) is 5.50. The van der Waals surface area contributed by atoms with E-state index in [2.05, 4.69) is 18.9 Å². The summed E-state index contributed by atoms with van der Waals surface area (Å²) in [4.78, 5) is 12.3. The Morgan fingerprint density at radius 1 is 1.15 bits per heavy atom. The second kappa shape index (κ2) is 5.61. The van der Waals surface area contributed by atoms with Gasteiger partial charge in [0.05, 0.1) is 5.69 Å². The summed E-state index contributed by atoms with van der Waals surface area (Å²) >= 11 is 0. The molecule has 3 heteroatoms. The summed E-state index contributed by atoms with van der Waals surface area (Å²) in [5, 5.41) is 4.39. The topological polar surface area (TPSA) is 34.9 Å². The van der Waals surface area contributed by atoms with Crippen LogP contribution in [0.5, 0.6) is 0 Å². The van der Waals surface area contributed by atoms with Crippen LogP contribution in [-0.2, 0) is 13.5 Å². The van der Waals surface area contributed by atoms with Crippen LogP contribution >= 0.6 is 0 Å². The van der Waals surface area contributed by atoms with Crippen molar-refractivity contribution in [1.82, 2.24) is 9.78 Å². The van der Waals surface area contributed by atoms with Gasteiger partial charge in [0.25, 0.3) is 0 Å². The van der Waals surface area contributed by atoms with Crippen molar-refractivity contribution in [3.63, 3.8) is 0 Å². The molecule has 0 aliphatic rings. The fraction of sp³-hybridized carbons (Fsp3) is 0.412. The van der Waals surface area contributed by atoms with Crippen LogP contribution in [0.2, 0.25) is 0 Å². The lowest BCUT2D eigenvalue weighted by atomic mass is 9.99. The summed E-state index contributed by atoms with van der Waals surface area (Å²) in [7, 11) is 1.94. The molecule has 0 unspecified atom stereocenters. The van der Waals surface area contributed by atoms with E-state index in [9.17, 15) is 4.79 Å². The van der Waals surface area contributed by atoms with Crippen LogP contribution in [0, 0.1) is 27.7 Å². The smallest absolute Gasteiger partial charge is 0.163 e. The highest BCUT2D eigenvalue weighted by Gasteiger charge is 2.12. The van der Waals surface area contributed by atoms with Gasteiger partial charge in [-0.3, -0.25) is 9.48 Å². The molecule has 1 aromatic heterocycles. The van der Waals surface area contributed by atoms with Crippen molar-refractivity contribution in [2.45, 2.75) is 40.5 Å². The Morgan fingerprint density at radius 3 is 2.40 bits per heavy atom. The van der Waals surface area contributed by atoms with Gasteiger partial charge in [-0.05, 0) is 56.9 Å². The van der Waals surface area contributed by atoms with Crippen LogP contribution in [0.4, 0.5) is 0 Å². The lowest BCUT2D eigenvalue weighted by molar-refractivity contribution is 0.0982. The minimum Gasteiger partial charge on any atom is -0.294 e. The Labute approximate surface area is 120 Å². The van der Waals surface area contributed by atoms with Crippen molar-refractivity contribution in [3.05, 3.63) is 51.8 Å². The van der Waals surface area contributed by atoms with Gasteiger partial charge in [-0.25, -0.2) is 0 Å². The van der Waals surface area contributed by atoms with Gasteiger partial charge < -0.3 is 0 Å². The van der Waals surface area contributed by atoms with E-state index >= 15 is 0 Å². The maximum atomic E-state index is 12.3. The van der Waals surface area contributed by atoms with E-state index in [4.69, 9.17) is 0 Å². The SMILES string of the molecule is Cc1ccc(C(=O)CCc2c(C)nn(C)c2C)cc1C. The fourth-order valence-electron chi connectivity index (χ4n) is 2.48. The standard InChI is InChI=1S/C17H22N2O/c1-11-6-7-15(10-12(11)2)17(20)9-8-16-13(3)18-19(5)14(16)4/h6-7,10H,8-9H2,1-5H3. The van der Waals surface area contributed by atoms with Crippen LogP contribution in [0.15, 0.2) is 18.2 Å². The van der Waals surface area contributed by atoms with Crippen molar-refractivity contribution in [2.75, 3.05) is 0 Å². The largest absolute Gasteiger partial charge is 0.294 e. The first-order valence-corrected chi connectivity index (χ1v) is 6.99. The van der Waals surface area contributed by atoms with Gasteiger partial charge >= 0.3 is 0 Å². The van der Waals surface area contributed by atoms with Crippen LogP contribution < -0.4 is 0 Å². The van der Waals surface area contributed by atoms with E-state index < -0.39 is 0 Å². The maximum absolute atomic E-state index is 12.3. The minimum atomic E-state index is 0.204. The molecule has 0 aliphatic carbocycles. The van der Waals surface area contributed by atoms with Crippen molar-refractivity contribution in [1.29, 1.82) is 0 Å². The van der Waals surface area contributed by atoms with E-state index in [1.165, 1.54) is 16.7 Å². The Balaban J connectivity index is 2.10. The molecule has 0 bridgehead atoms. The zero-order chi connectivity index (χ0) is 14.9. The van der Waals surface area contributed by atoms with Crippen molar-refractivity contribution in [2.24, 2.45) is 7.05 Å². The Bertz CT molecular complexity index is 653. The molecule has 0 atom stereocenters. The highest BCUT2D eigenvalue weighted by Crippen LogP contribution is 2.17. The highest BCUT2D eigenvalue weighted by atomic mass is 16.1. The normalized spacial score (nSPS) is 10.8. The number of aryl methyl sites for hydroxylation is 4. The average molecular weight is 270 g/mol. The molecule has 0 spiro atoms. The number of rotatable bonds is 4. The van der Waals surface area contributed by atoms with Gasteiger partial charge in [0.15, 0.2) is 5.78 Å². The summed E-state index contributed by atoms with van der Waals surface area (Å²) in [5.74, 6) is 0.204. The number of Topliss-reactive ketones (excluding diaryl/α,β-unsaturated/α-hetero) is 1. The average Bonchev–Trinajstić information content (AvgIpc) is 2.64. The lowest BCUT2D eigenvalue weighted by Crippen LogP contribution is -2.03. The summed E-state index contributed by atoms with van der Waals surface area (Å²) < 4.78 is 1.88. The number of carbonyl (C=O) groups excluding carboxylic acids is 1. The quantitative estimate of drug-likeness (QED) is 0.797. The van der Waals surface area contributed by atoms with Gasteiger partial charge in [0.1, 0.15) is 0 Å².